The maximum absolute atomic E-state index is 6.16. The van der Waals surface area contributed by atoms with Crippen molar-refractivity contribution in [3.63, 3.8) is 0 Å². The van der Waals surface area contributed by atoms with Gasteiger partial charge in [0.15, 0.2) is 0 Å². The first-order valence-corrected chi connectivity index (χ1v) is 5.97. The van der Waals surface area contributed by atoms with E-state index in [1.54, 1.807) is 6.20 Å². The molecule has 1 atom stereocenters. The summed E-state index contributed by atoms with van der Waals surface area (Å²) in [5.74, 6) is 0.807. The SMILES string of the molecule is NC(Cc1ccccn1)c1cc2ccccc2o1. The number of nitrogens with zero attached hydrogens (tertiary/aromatic N) is 1. The average molecular weight is 238 g/mol. The van der Waals surface area contributed by atoms with E-state index in [9.17, 15) is 0 Å². The molecule has 0 aliphatic rings. The number of nitrogens with two attached hydrogens (primary N) is 1. The number of pyridine rings is 1. The third-order valence-corrected chi connectivity index (χ3v) is 2.97. The van der Waals surface area contributed by atoms with Crippen LogP contribution in [0.15, 0.2) is 59.1 Å². The van der Waals surface area contributed by atoms with Gasteiger partial charge in [-0.1, -0.05) is 24.3 Å². The Morgan fingerprint density at radius 3 is 2.72 bits per heavy atom. The molecule has 0 bridgehead atoms. The minimum Gasteiger partial charge on any atom is -0.459 e. The molecule has 0 spiro atoms. The van der Waals surface area contributed by atoms with E-state index in [1.165, 1.54) is 0 Å². The highest BCUT2D eigenvalue weighted by Crippen LogP contribution is 2.24. The minimum absolute atomic E-state index is 0.160. The van der Waals surface area contributed by atoms with Gasteiger partial charge in [-0.2, -0.15) is 0 Å². The maximum atomic E-state index is 6.16. The maximum Gasteiger partial charge on any atom is 0.134 e. The van der Waals surface area contributed by atoms with E-state index in [-0.39, 0.29) is 6.04 Å². The Labute approximate surface area is 105 Å². The molecular formula is C15H14N2O. The molecule has 90 valence electrons. The van der Waals surface area contributed by atoms with E-state index in [4.69, 9.17) is 10.2 Å². The van der Waals surface area contributed by atoms with Crippen molar-refractivity contribution >= 4 is 11.0 Å². The third kappa shape index (κ3) is 2.13. The summed E-state index contributed by atoms with van der Waals surface area (Å²) in [7, 11) is 0. The molecule has 2 aromatic heterocycles. The molecule has 3 nitrogen and oxygen atoms in total. The summed E-state index contributed by atoms with van der Waals surface area (Å²) in [5, 5.41) is 1.09. The quantitative estimate of drug-likeness (QED) is 0.763. The molecule has 0 saturated carbocycles. The van der Waals surface area contributed by atoms with E-state index in [0.29, 0.717) is 6.42 Å². The first kappa shape index (κ1) is 11.0. The molecule has 0 aliphatic heterocycles. The first-order valence-electron chi connectivity index (χ1n) is 5.97. The third-order valence-electron chi connectivity index (χ3n) is 2.97. The number of hydrogen-bond acceptors (Lipinski definition) is 3. The molecule has 0 amide bonds. The van der Waals surface area contributed by atoms with Gasteiger partial charge in [-0.3, -0.25) is 4.98 Å². The van der Waals surface area contributed by atoms with E-state index >= 15 is 0 Å². The van der Waals surface area contributed by atoms with Gasteiger partial charge in [0.05, 0.1) is 6.04 Å². The van der Waals surface area contributed by atoms with Gasteiger partial charge in [0.2, 0.25) is 0 Å². The highest BCUT2D eigenvalue weighted by molar-refractivity contribution is 5.77. The summed E-state index contributed by atoms with van der Waals surface area (Å²) < 4.78 is 5.75. The number of benzene rings is 1. The molecule has 3 rings (SSSR count). The first-order chi connectivity index (χ1) is 8.83. The Hall–Kier alpha value is -2.13. The zero-order valence-corrected chi connectivity index (χ0v) is 9.91. The Balaban J connectivity index is 1.86. The summed E-state index contributed by atoms with van der Waals surface area (Å²) in [4.78, 5) is 4.28. The van der Waals surface area contributed by atoms with Gasteiger partial charge in [-0.15, -0.1) is 0 Å². The highest BCUT2D eigenvalue weighted by Gasteiger charge is 2.12. The van der Waals surface area contributed by atoms with Crippen LogP contribution in [0.4, 0.5) is 0 Å². The number of hydrogen-bond donors (Lipinski definition) is 1. The molecule has 1 unspecified atom stereocenters. The molecule has 1 aromatic carbocycles. The molecule has 18 heavy (non-hydrogen) atoms. The van der Waals surface area contributed by atoms with Gasteiger partial charge in [-0.05, 0) is 24.3 Å². The summed E-state index contributed by atoms with van der Waals surface area (Å²) in [6.07, 6.45) is 2.46. The lowest BCUT2D eigenvalue weighted by Gasteiger charge is -2.07. The summed E-state index contributed by atoms with van der Waals surface area (Å²) in [5.41, 5.74) is 8.01. The van der Waals surface area contributed by atoms with Crippen LogP contribution in [0.25, 0.3) is 11.0 Å². The van der Waals surface area contributed by atoms with Crippen molar-refractivity contribution in [3.8, 4) is 0 Å². The fourth-order valence-electron chi connectivity index (χ4n) is 2.03. The van der Waals surface area contributed by atoms with Crippen molar-refractivity contribution in [1.29, 1.82) is 0 Å². The zero-order chi connectivity index (χ0) is 12.4. The van der Waals surface area contributed by atoms with Crippen molar-refractivity contribution < 1.29 is 4.42 Å². The van der Waals surface area contributed by atoms with Crippen molar-refractivity contribution in [2.24, 2.45) is 5.73 Å². The van der Waals surface area contributed by atoms with Crippen molar-refractivity contribution in [1.82, 2.24) is 4.98 Å². The van der Waals surface area contributed by atoms with Gasteiger partial charge in [-0.25, -0.2) is 0 Å². The highest BCUT2D eigenvalue weighted by atomic mass is 16.3. The van der Waals surface area contributed by atoms with Crippen molar-refractivity contribution in [2.45, 2.75) is 12.5 Å². The van der Waals surface area contributed by atoms with E-state index < -0.39 is 0 Å². The number of furan rings is 1. The van der Waals surface area contributed by atoms with E-state index in [2.05, 4.69) is 4.98 Å². The van der Waals surface area contributed by atoms with Crippen LogP contribution in [-0.2, 0) is 6.42 Å². The molecule has 0 aliphatic carbocycles. The van der Waals surface area contributed by atoms with Crippen molar-refractivity contribution in [3.05, 3.63) is 66.2 Å². The van der Waals surface area contributed by atoms with E-state index in [1.807, 2.05) is 48.5 Å². The molecular weight excluding hydrogens is 224 g/mol. The average Bonchev–Trinajstić information content (AvgIpc) is 2.84. The lowest BCUT2D eigenvalue weighted by molar-refractivity contribution is 0.491. The number of para-hydroxylation sites is 1. The standard InChI is InChI=1S/C15H14N2O/c16-13(10-12-6-3-4-8-17-12)15-9-11-5-1-2-7-14(11)18-15/h1-9,13H,10,16H2. The fourth-order valence-corrected chi connectivity index (χ4v) is 2.03. The van der Waals surface area contributed by atoms with Crippen LogP contribution in [-0.4, -0.2) is 4.98 Å². The van der Waals surface area contributed by atoms with Crippen LogP contribution in [0.2, 0.25) is 0 Å². The van der Waals surface area contributed by atoms with Crippen LogP contribution in [0.5, 0.6) is 0 Å². The minimum atomic E-state index is -0.160. The van der Waals surface area contributed by atoms with Crippen LogP contribution < -0.4 is 5.73 Å². The van der Waals surface area contributed by atoms with Crippen LogP contribution >= 0.6 is 0 Å². The second kappa shape index (κ2) is 4.63. The van der Waals surface area contributed by atoms with Crippen LogP contribution in [0.3, 0.4) is 0 Å². The second-order valence-corrected chi connectivity index (χ2v) is 4.32. The predicted molar refractivity (Wildman–Crippen MR) is 71.1 cm³/mol. The topological polar surface area (TPSA) is 52.0 Å². The van der Waals surface area contributed by atoms with Gasteiger partial charge >= 0.3 is 0 Å². The Morgan fingerprint density at radius 2 is 1.94 bits per heavy atom. The monoisotopic (exact) mass is 238 g/mol. The largest absolute Gasteiger partial charge is 0.459 e. The molecule has 0 radical (unpaired) electrons. The summed E-state index contributed by atoms with van der Waals surface area (Å²) in [6.45, 7) is 0. The lowest BCUT2D eigenvalue weighted by Crippen LogP contribution is -2.13. The van der Waals surface area contributed by atoms with Gasteiger partial charge in [0, 0.05) is 23.7 Å². The number of rotatable bonds is 3. The molecule has 3 heteroatoms. The van der Waals surface area contributed by atoms with Crippen LogP contribution in [0, 0.1) is 0 Å². The fraction of sp³-hybridized carbons (Fsp3) is 0.133. The summed E-state index contributed by atoms with van der Waals surface area (Å²) >= 11 is 0. The smallest absolute Gasteiger partial charge is 0.134 e. The number of fused-ring (bicyclic) bond motifs is 1. The van der Waals surface area contributed by atoms with Gasteiger partial charge in [0.1, 0.15) is 11.3 Å². The van der Waals surface area contributed by atoms with Crippen LogP contribution in [0.1, 0.15) is 17.5 Å². The Kier molecular flexibility index (Phi) is 2.82. The van der Waals surface area contributed by atoms with Crippen molar-refractivity contribution in [2.75, 3.05) is 0 Å². The molecule has 2 N–H and O–H groups in total. The van der Waals surface area contributed by atoms with E-state index in [0.717, 1.165) is 22.4 Å². The number of aromatic nitrogens is 1. The Morgan fingerprint density at radius 1 is 1.11 bits per heavy atom. The normalized spacial score (nSPS) is 12.7. The Bertz CT molecular complexity index is 613. The second-order valence-electron chi connectivity index (χ2n) is 4.32. The molecule has 0 fully saturated rings. The lowest BCUT2D eigenvalue weighted by atomic mass is 10.1. The summed E-state index contributed by atoms with van der Waals surface area (Å²) in [6, 6.07) is 15.6. The van der Waals surface area contributed by atoms with Gasteiger partial charge < -0.3 is 10.2 Å². The zero-order valence-electron chi connectivity index (χ0n) is 9.91. The molecule has 3 aromatic rings. The molecule has 0 saturated heterocycles. The van der Waals surface area contributed by atoms with Gasteiger partial charge in [0.25, 0.3) is 0 Å². The molecule has 2 heterocycles. The predicted octanol–water partition coefficient (Wildman–Crippen LogP) is 3.07.